The second kappa shape index (κ2) is 5.80. The lowest BCUT2D eigenvalue weighted by atomic mass is 10.1. The Morgan fingerprint density at radius 1 is 1.39 bits per heavy atom. The third-order valence-corrected chi connectivity index (χ3v) is 2.23. The van der Waals surface area contributed by atoms with Gasteiger partial charge >= 0.3 is 6.18 Å². The molecule has 0 aromatic rings. The summed E-state index contributed by atoms with van der Waals surface area (Å²) >= 11 is 0. The van der Waals surface area contributed by atoms with E-state index in [9.17, 15) is 27.6 Å². The first-order chi connectivity index (χ1) is 8.28. The van der Waals surface area contributed by atoms with E-state index in [1.165, 1.54) is 0 Å². The minimum atomic E-state index is -4.47. The molecule has 0 bridgehead atoms. The Morgan fingerprint density at radius 3 is 2.61 bits per heavy atom. The van der Waals surface area contributed by atoms with Gasteiger partial charge in [-0.3, -0.25) is 25.0 Å². The van der Waals surface area contributed by atoms with Crippen molar-refractivity contribution in [2.24, 2.45) is 0 Å². The van der Waals surface area contributed by atoms with Crippen molar-refractivity contribution in [3.05, 3.63) is 0 Å². The molecule has 1 rings (SSSR count). The fraction of sp³-hybridized carbons (Fsp3) is 0.667. The van der Waals surface area contributed by atoms with Gasteiger partial charge in [0.15, 0.2) is 0 Å². The number of hydrogen-bond donors (Lipinski definition) is 3. The number of hydrogen-bond acceptors (Lipinski definition) is 4. The highest BCUT2D eigenvalue weighted by Gasteiger charge is 2.29. The van der Waals surface area contributed by atoms with Crippen LogP contribution in [0.5, 0.6) is 0 Å². The van der Waals surface area contributed by atoms with Crippen molar-refractivity contribution in [3.63, 3.8) is 0 Å². The molecule has 0 spiro atoms. The van der Waals surface area contributed by atoms with Gasteiger partial charge in [-0.05, 0) is 6.42 Å². The highest BCUT2D eigenvalue weighted by atomic mass is 19.4. The van der Waals surface area contributed by atoms with Crippen molar-refractivity contribution in [1.29, 1.82) is 0 Å². The number of alkyl halides is 3. The number of nitrogens with one attached hydrogen (secondary N) is 3. The largest absolute Gasteiger partial charge is 0.405 e. The second-order valence-electron chi connectivity index (χ2n) is 3.78. The first-order valence-electron chi connectivity index (χ1n) is 5.18. The van der Waals surface area contributed by atoms with E-state index in [0.29, 0.717) is 0 Å². The topological polar surface area (TPSA) is 87.3 Å². The summed E-state index contributed by atoms with van der Waals surface area (Å²) in [5.74, 6) is -1.84. The first-order valence-corrected chi connectivity index (χ1v) is 5.18. The van der Waals surface area contributed by atoms with Crippen LogP contribution >= 0.6 is 0 Å². The lowest BCUT2D eigenvalue weighted by molar-refractivity contribution is -0.138. The zero-order valence-corrected chi connectivity index (χ0v) is 9.26. The summed E-state index contributed by atoms with van der Waals surface area (Å²) in [6, 6.07) is -0.737. The molecule has 1 atom stereocenters. The van der Waals surface area contributed by atoms with Crippen LogP contribution in [0.25, 0.3) is 0 Å². The van der Waals surface area contributed by atoms with Gasteiger partial charge in [0.25, 0.3) is 0 Å². The molecule has 3 amide bonds. The summed E-state index contributed by atoms with van der Waals surface area (Å²) < 4.78 is 35.3. The molecule has 0 radical (unpaired) electrons. The summed E-state index contributed by atoms with van der Waals surface area (Å²) in [7, 11) is 0. The Labute approximate surface area is 100 Å². The lowest BCUT2D eigenvalue weighted by Crippen LogP contribution is -2.52. The van der Waals surface area contributed by atoms with E-state index in [4.69, 9.17) is 0 Å². The van der Waals surface area contributed by atoms with E-state index >= 15 is 0 Å². The Bertz CT molecular complexity index is 357. The number of rotatable bonds is 4. The Hall–Kier alpha value is -1.64. The van der Waals surface area contributed by atoms with Gasteiger partial charge in [-0.15, -0.1) is 0 Å². The van der Waals surface area contributed by atoms with Crippen LogP contribution in [-0.2, 0) is 14.4 Å². The number of halogens is 3. The average molecular weight is 267 g/mol. The fourth-order valence-electron chi connectivity index (χ4n) is 1.37. The van der Waals surface area contributed by atoms with E-state index in [2.05, 4.69) is 10.6 Å². The van der Waals surface area contributed by atoms with Crippen molar-refractivity contribution < 1.29 is 27.6 Å². The highest BCUT2D eigenvalue weighted by Crippen LogP contribution is 2.11. The minimum Gasteiger partial charge on any atom is -0.346 e. The standard InChI is InChI=1S/C9H12F3N3O3/c10-9(11,12)4-14-7(17)3-13-5-1-2-6(16)15-8(5)18/h5,13H,1-4H2,(H,14,17)(H,15,16,18). The molecular formula is C9H12F3N3O3. The van der Waals surface area contributed by atoms with Crippen LogP contribution in [0.4, 0.5) is 13.2 Å². The van der Waals surface area contributed by atoms with Gasteiger partial charge in [-0.2, -0.15) is 13.2 Å². The fourth-order valence-corrected chi connectivity index (χ4v) is 1.37. The average Bonchev–Trinajstić information content (AvgIpc) is 2.24. The maximum absolute atomic E-state index is 11.8. The quantitative estimate of drug-likeness (QED) is 0.574. The van der Waals surface area contributed by atoms with Gasteiger partial charge in [0, 0.05) is 6.42 Å². The van der Waals surface area contributed by atoms with Crippen molar-refractivity contribution in [3.8, 4) is 0 Å². The first kappa shape index (κ1) is 14.4. The Morgan fingerprint density at radius 2 is 2.06 bits per heavy atom. The van der Waals surface area contributed by atoms with Crippen molar-refractivity contribution >= 4 is 17.7 Å². The van der Waals surface area contributed by atoms with Gasteiger partial charge in [-0.25, -0.2) is 0 Å². The smallest absolute Gasteiger partial charge is 0.346 e. The molecule has 1 aliphatic rings. The molecule has 102 valence electrons. The normalized spacial score (nSPS) is 20.5. The number of piperidine rings is 1. The predicted octanol–water partition coefficient (Wildman–Crippen LogP) is -0.940. The maximum Gasteiger partial charge on any atom is 0.405 e. The SMILES string of the molecule is O=C(CNC1CCC(=O)NC1=O)NCC(F)(F)F. The van der Waals surface area contributed by atoms with Crippen LogP contribution < -0.4 is 16.0 Å². The predicted molar refractivity (Wildman–Crippen MR) is 53.2 cm³/mol. The maximum atomic E-state index is 11.8. The van der Waals surface area contributed by atoms with Gasteiger partial charge in [-0.1, -0.05) is 0 Å². The van der Waals surface area contributed by atoms with E-state index in [-0.39, 0.29) is 12.8 Å². The van der Waals surface area contributed by atoms with Gasteiger partial charge < -0.3 is 5.32 Å². The van der Waals surface area contributed by atoms with Crippen molar-refractivity contribution in [2.75, 3.05) is 13.1 Å². The molecular weight excluding hydrogens is 255 g/mol. The number of amides is 3. The second-order valence-corrected chi connectivity index (χ2v) is 3.78. The molecule has 0 aromatic heterocycles. The summed E-state index contributed by atoms with van der Waals surface area (Å²) in [5, 5.41) is 6.20. The van der Waals surface area contributed by atoms with Crippen LogP contribution in [0.3, 0.4) is 0 Å². The van der Waals surface area contributed by atoms with Crippen LogP contribution in [0.2, 0.25) is 0 Å². The number of carbonyl (C=O) groups is 3. The van der Waals surface area contributed by atoms with Gasteiger partial charge in [0.1, 0.15) is 6.54 Å². The molecule has 1 aliphatic heterocycles. The molecule has 0 saturated carbocycles. The Kier molecular flexibility index (Phi) is 4.65. The van der Waals surface area contributed by atoms with Crippen molar-refractivity contribution in [2.45, 2.75) is 25.1 Å². The summed E-state index contributed by atoms with van der Waals surface area (Å²) in [4.78, 5) is 33.1. The minimum absolute atomic E-state index is 0.133. The molecule has 1 heterocycles. The van der Waals surface area contributed by atoms with Crippen LogP contribution in [0, 0.1) is 0 Å². The molecule has 0 aromatic carbocycles. The van der Waals surface area contributed by atoms with E-state index in [0.717, 1.165) is 0 Å². The van der Waals surface area contributed by atoms with E-state index in [1.807, 2.05) is 0 Å². The number of imide groups is 1. The van der Waals surface area contributed by atoms with Gasteiger partial charge in [0.05, 0.1) is 12.6 Å². The molecule has 1 unspecified atom stereocenters. The van der Waals surface area contributed by atoms with Crippen molar-refractivity contribution in [1.82, 2.24) is 16.0 Å². The zero-order valence-electron chi connectivity index (χ0n) is 9.26. The van der Waals surface area contributed by atoms with Crippen LogP contribution in [-0.4, -0.2) is 43.0 Å². The molecule has 0 aliphatic carbocycles. The van der Waals surface area contributed by atoms with Crippen LogP contribution in [0.1, 0.15) is 12.8 Å². The number of carbonyl (C=O) groups excluding carboxylic acids is 3. The summed E-state index contributed by atoms with van der Waals surface area (Å²) in [6.45, 7) is -1.83. The van der Waals surface area contributed by atoms with Gasteiger partial charge in [0.2, 0.25) is 17.7 Å². The summed E-state index contributed by atoms with van der Waals surface area (Å²) in [6.07, 6.45) is -4.12. The van der Waals surface area contributed by atoms with Crippen LogP contribution in [0.15, 0.2) is 0 Å². The molecule has 18 heavy (non-hydrogen) atoms. The third-order valence-electron chi connectivity index (χ3n) is 2.23. The third kappa shape index (κ3) is 5.13. The lowest BCUT2D eigenvalue weighted by Gasteiger charge is -2.21. The highest BCUT2D eigenvalue weighted by molar-refractivity contribution is 6.00. The molecule has 1 saturated heterocycles. The molecule has 3 N–H and O–H groups in total. The zero-order chi connectivity index (χ0) is 13.8. The molecule has 6 nitrogen and oxygen atoms in total. The monoisotopic (exact) mass is 267 g/mol. The Balaban J connectivity index is 2.26. The van der Waals surface area contributed by atoms with E-state index < -0.39 is 43.0 Å². The summed E-state index contributed by atoms with van der Waals surface area (Å²) in [5.41, 5.74) is 0. The molecule has 9 heteroatoms. The van der Waals surface area contributed by atoms with E-state index in [1.54, 1.807) is 5.32 Å². The molecule has 1 fully saturated rings.